The summed E-state index contributed by atoms with van der Waals surface area (Å²) in [6, 6.07) is 0. The molecule has 1 rings (SSSR count). The number of halogens is 1. The summed E-state index contributed by atoms with van der Waals surface area (Å²) in [6.45, 7) is 5.03. The van der Waals surface area contributed by atoms with Gasteiger partial charge in [-0.05, 0) is 26.7 Å². The third-order valence-electron chi connectivity index (χ3n) is 2.30. The van der Waals surface area contributed by atoms with E-state index in [0.717, 1.165) is 19.4 Å². The summed E-state index contributed by atoms with van der Waals surface area (Å²) in [4.78, 5) is 11.1. The maximum atomic E-state index is 11.1. The van der Waals surface area contributed by atoms with E-state index in [2.05, 4.69) is 5.32 Å². The maximum Gasteiger partial charge on any atom is 0.237 e. The number of ether oxygens (including phenoxy) is 1. The zero-order valence-electron chi connectivity index (χ0n) is 8.10. The highest BCUT2D eigenvalue weighted by atomic mass is 35.5. The number of rotatable bonds is 3. The van der Waals surface area contributed by atoms with Crippen molar-refractivity contribution >= 4 is 17.5 Å². The largest absolute Gasteiger partial charge is 0.373 e. The second-order valence-corrected chi connectivity index (χ2v) is 4.39. The summed E-state index contributed by atoms with van der Waals surface area (Å²) in [5.74, 6) is -0.126. The number of alkyl halides is 1. The molecule has 4 heteroatoms. The zero-order chi connectivity index (χ0) is 9.90. The first-order chi connectivity index (χ1) is 6.03. The second-order valence-electron chi connectivity index (χ2n) is 3.74. The fourth-order valence-corrected chi connectivity index (χ4v) is 1.47. The van der Waals surface area contributed by atoms with Crippen LogP contribution in [0, 0.1) is 0 Å². The first-order valence-electron chi connectivity index (χ1n) is 4.59. The number of hydrogen-bond acceptors (Lipinski definition) is 2. The molecular weight excluding hydrogens is 190 g/mol. The van der Waals surface area contributed by atoms with Crippen molar-refractivity contribution in [2.75, 3.05) is 13.2 Å². The molecule has 13 heavy (non-hydrogen) atoms. The van der Waals surface area contributed by atoms with E-state index in [9.17, 15) is 4.79 Å². The number of nitrogens with one attached hydrogen (secondary N) is 1. The van der Waals surface area contributed by atoms with E-state index in [1.807, 2.05) is 6.92 Å². The van der Waals surface area contributed by atoms with Crippen LogP contribution in [0.25, 0.3) is 0 Å². The lowest BCUT2D eigenvalue weighted by Gasteiger charge is -2.23. The molecule has 0 spiro atoms. The van der Waals surface area contributed by atoms with Crippen molar-refractivity contribution < 1.29 is 9.53 Å². The summed E-state index contributed by atoms with van der Waals surface area (Å²) in [5.41, 5.74) is -0.179. The second kappa shape index (κ2) is 4.29. The van der Waals surface area contributed by atoms with Gasteiger partial charge in [-0.1, -0.05) is 0 Å². The Balaban J connectivity index is 2.29. The Kier molecular flexibility index (Phi) is 3.56. The molecule has 1 aliphatic heterocycles. The molecule has 0 aliphatic carbocycles. The fourth-order valence-electron chi connectivity index (χ4n) is 1.39. The van der Waals surface area contributed by atoms with Crippen LogP contribution in [0.1, 0.15) is 26.7 Å². The first-order valence-corrected chi connectivity index (χ1v) is 5.03. The molecule has 1 heterocycles. The van der Waals surface area contributed by atoms with Crippen molar-refractivity contribution in [2.45, 2.75) is 37.7 Å². The standard InChI is InChI=1S/C9H16ClNO2/c1-7(10)8(12)11-6-9(2)4-3-5-13-9/h7H,3-6H2,1-2H3,(H,11,12). The van der Waals surface area contributed by atoms with Gasteiger partial charge in [0.05, 0.1) is 5.60 Å². The fraction of sp³-hybridized carbons (Fsp3) is 0.889. The van der Waals surface area contributed by atoms with E-state index in [0.29, 0.717) is 6.54 Å². The SMILES string of the molecule is CC(Cl)C(=O)NCC1(C)CCCO1. The smallest absolute Gasteiger partial charge is 0.237 e. The first kappa shape index (κ1) is 10.8. The summed E-state index contributed by atoms with van der Waals surface area (Å²) in [6.07, 6.45) is 2.08. The van der Waals surface area contributed by atoms with Gasteiger partial charge in [0.2, 0.25) is 5.91 Å². The van der Waals surface area contributed by atoms with Crippen LogP contribution < -0.4 is 5.32 Å². The normalized spacial score (nSPS) is 30.1. The quantitative estimate of drug-likeness (QED) is 0.706. The Hall–Kier alpha value is -0.280. The monoisotopic (exact) mass is 205 g/mol. The van der Waals surface area contributed by atoms with Crippen LogP contribution in [0.5, 0.6) is 0 Å². The molecule has 0 bridgehead atoms. The molecule has 0 aromatic carbocycles. The molecule has 76 valence electrons. The predicted octanol–water partition coefficient (Wildman–Crippen LogP) is 1.30. The van der Waals surface area contributed by atoms with Gasteiger partial charge in [-0.3, -0.25) is 4.79 Å². The summed E-state index contributed by atoms with van der Waals surface area (Å²) in [5, 5.41) is 2.30. The van der Waals surface area contributed by atoms with Crippen LogP contribution in [-0.2, 0) is 9.53 Å². The molecule has 2 atom stereocenters. The number of carbonyl (C=O) groups excluding carboxylic acids is 1. The third-order valence-corrected chi connectivity index (χ3v) is 2.50. The highest BCUT2D eigenvalue weighted by Gasteiger charge is 2.30. The van der Waals surface area contributed by atoms with Gasteiger partial charge in [0.25, 0.3) is 0 Å². The van der Waals surface area contributed by atoms with Gasteiger partial charge in [0.1, 0.15) is 5.38 Å². The van der Waals surface area contributed by atoms with E-state index in [1.54, 1.807) is 6.92 Å². The Morgan fingerprint density at radius 1 is 1.77 bits per heavy atom. The van der Waals surface area contributed by atoms with Gasteiger partial charge in [-0.25, -0.2) is 0 Å². The van der Waals surface area contributed by atoms with Crippen LogP contribution in [0.4, 0.5) is 0 Å². The van der Waals surface area contributed by atoms with Crippen molar-refractivity contribution in [3.05, 3.63) is 0 Å². The van der Waals surface area contributed by atoms with E-state index in [1.165, 1.54) is 0 Å². The molecule has 0 radical (unpaired) electrons. The van der Waals surface area contributed by atoms with Crippen LogP contribution in [0.15, 0.2) is 0 Å². The van der Waals surface area contributed by atoms with Crippen molar-refractivity contribution in [3.63, 3.8) is 0 Å². The van der Waals surface area contributed by atoms with Crippen molar-refractivity contribution in [1.29, 1.82) is 0 Å². The molecule has 1 amide bonds. The van der Waals surface area contributed by atoms with Crippen LogP contribution in [-0.4, -0.2) is 30.0 Å². The highest BCUT2D eigenvalue weighted by Crippen LogP contribution is 2.23. The zero-order valence-corrected chi connectivity index (χ0v) is 8.86. The molecule has 2 unspecified atom stereocenters. The predicted molar refractivity (Wildman–Crippen MR) is 51.9 cm³/mol. The minimum Gasteiger partial charge on any atom is -0.373 e. The summed E-state index contributed by atoms with van der Waals surface area (Å²) in [7, 11) is 0. The van der Waals surface area contributed by atoms with Crippen LogP contribution >= 0.6 is 11.6 Å². The highest BCUT2D eigenvalue weighted by molar-refractivity contribution is 6.30. The molecule has 1 N–H and O–H groups in total. The average molecular weight is 206 g/mol. The Morgan fingerprint density at radius 3 is 2.92 bits per heavy atom. The van der Waals surface area contributed by atoms with E-state index in [4.69, 9.17) is 16.3 Å². The number of carbonyl (C=O) groups is 1. The molecule has 0 aromatic rings. The molecule has 3 nitrogen and oxygen atoms in total. The van der Waals surface area contributed by atoms with Crippen molar-refractivity contribution in [2.24, 2.45) is 0 Å². The van der Waals surface area contributed by atoms with Gasteiger partial charge in [-0.2, -0.15) is 0 Å². The Bertz CT molecular complexity index is 188. The minimum absolute atomic E-state index is 0.126. The minimum atomic E-state index is -0.468. The van der Waals surface area contributed by atoms with Gasteiger partial charge >= 0.3 is 0 Å². The molecule has 0 aromatic heterocycles. The van der Waals surface area contributed by atoms with Crippen LogP contribution in [0.2, 0.25) is 0 Å². The van der Waals surface area contributed by atoms with E-state index < -0.39 is 5.38 Å². The van der Waals surface area contributed by atoms with Crippen LogP contribution in [0.3, 0.4) is 0 Å². The van der Waals surface area contributed by atoms with Gasteiger partial charge in [0.15, 0.2) is 0 Å². The molecule has 1 saturated heterocycles. The molecular formula is C9H16ClNO2. The van der Waals surface area contributed by atoms with Gasteiger partial charge in [0, 0.05) is 13.2 Å². The maximum absolute atomic E-state index is 11.1. The summed E-state index contributed by atoms with van der Waals surface area (Å²) < 4.78 is 5.51. The van der Waals surface area contributed by atoms with Crippen molar-refractivity contribution in [3.8, 4) is 0 Å². The number of amides is 1. The van der Waals surface area contributed by atoms with E-state index >= 15 is 0 Å². The summed E-state index contributed by atoms with van der Waals surface area (Å²) >= 11 is 5.61. The molecule has 0 saturated carbocycles. The third kappa shape index (κ3) is 3.16. The van der Waals surface area contributed by atoms with Gasteiger partial charge in [-0.15, -0.1) is 11.6 Å². The topological polar surface area (TPSA) is 38.3 Å². The average Bonchev–Trinajstić information content (AvgIpc) is 2.48. The lowest BCUT2D eigenvalue weighted by molar-refractivity contribution is -0.121. The Morgan fingerprint density at radius 2 is 2.46 bits per heavy atom. The van der Waals surface area contributed by atoms with Gasteiger partial charge < -0.3 is 10.1 Å². The number of hydrogen-bond donors (Lipinski definition) is 1. The lowest BCUT2D eigenvalue weighted by atomic mass is 10.0. The van der Waals surface area contributed by atoms with Crippen molar-refractivity contribution in [1.82, 2.24) is 5.32 Å². The molecule has 1 fully saturated rings. The van der Waals surface area contributed by atoms with E-state index in [-0.39, 0.29) is 11.5 Å². The Labute approximate surface area is 83.8 Å². The molecule has 1 aliphatic rings. The lowest BCUT2D eigenvalue weighted by Crippen LogP contribution is -2.42.